The van der Waals surface area contributed by atoms with Crippen LogP contribution in [0.1, 0.15) is 5.56 Å². The average molecular weight is 349 g/mol. The lowest BCUT2D eigenvalue weighted by atomic mass is 10.1. The molecule has 2 N–H and O–H groups in total. The minimum absolute atomic E-state index is 0.112. The third kappa shape index (κ3) is 3.67. The first kappa shape index (κ1) is 17.1. The van der Waals surface area contributed by atoms with Crippen molar-refractivity contribution < 1.29 is 15.0 Å². The normalized spacial score (nSPS) is 10.9. The molecule has 0 spiro atoms. The van der Waals surface area contributed by atoms with Crippen LogP contribution >= 0.6 is 0 Å². The van der Waals surface area contributed by atoms with Crippen molar-refractivity contribution in [2.45, 2.75) is 6.54 Å². The van der Waals surface area contributed by atoms with E-state index in [-0.39, 0.29) is 17.0 Å². The molecule has 2 aromatic carbocycles. The summed E-state index contributed by atoms with van der Waals surface area (Å²) in [6.07, 6.45) is 1.22. The van der Waals surface area contributed by atoms with Crippen molar-refractivity contribution in [2.75, 3.05) is 0 Å². The Morgan fingerprint density at radius 3 is 2.31 bits per heavy atom. The lowest BCUT2D eigenvalue weighted by molar-refractivity contribution is -0.138. The van der Waals surface area contributed by atoms with Gasteiger partial charge in [-0.2, -0.15) is 5.10 Å². The van der Waals surface area contributed by atoms with Crippen LogP contribution in [-0.2, 0) is 11.3 Å². The molecule has 0 saturated carbocycles. The smallest absolute Gasteiger partial charge is 0.325 e. The van der Waals surface area contributed by atoms with Crippen LogP contribution in [0.5, 0.6) is 5.75 Å². The summed E-state index contributed by atoms with van der Waals surface area (Å²) in [6, 6.07) is 17.6. The van der Waals surface area contributed by atoms with Crippen LogP contribution in [-0.4, -0.2) is 32.2 Å². The summed E-state index contributed by atoms with van der Waals surface area (Å²) < 4.78 is 0.802. The summed E-state index contributed by atoms with van der Waals surface area (Å²) in [5, 5.41) is 23.6. The Morgan fingerprint density at radius 2 is 1.69 bits per heavy atom. The Labute approximate surface area is 148 Å². The third-order valence-corrected chi connectivity index (χ3v) is 3.60. The molecule has 0 unspecified atom stereocenters. The lowest BCUT2D eigenvalue weighted by Crippen LogP contribution is -2.29. The van der Waals surface area contributed by atoms with Crippen molar-refractivity contribution in [2.24, 2.45) is 4.99 Å². The van der Waals surface area contributed by atoms with Crippen molar-refractivity contribution in [3.8, 4) is 17.0 Å². The van der Waals surface area contributed by atoms with E-state index in [9.17, 15) is 14.7 Å². The predicted octanol–water partition coefficient (Wildman–Crippen LogP) is 2.45. The second-order valence-corrected chi connectivity index (χ2v) is 5.43. The number of aliphatic carboxylic acids is 1. The topological polar surface area (TPSA) is 105 Å². The van der Waals surface area contributed by atoms with Gasteiger partial charge in [-0.25, -0.2) is 4.68 Å². The molecule has 0 aliphatic rings. The van der Waals surface area contributed by atoms with Gasteiger partial charge in [0.25, 0.3) is 5.56 Å². The van der Waals surface area contributed by atoms with E-state index in [1.165, 1.54) is 6.21 Å². The quantitative estimate of drug-likeness (QED) is 0.689. The summed E-state index contributed by atoms with van der Waals surface area (Å²) in [4.78, 5) is 27.7. The van der Waals surface area contributed by atoms with Crippen LogP contribution in [0.4, 0.5) is 5.69 Å². The van der Waals surface area contributed by atoms with E-state index in [4.69, 9.17) is 5.11 Å². The van der Waals surface area contributed by atoms with Gasteiger partial charge in [-0.15, -0.1) is 0 Å². The highest BCUT2D eigenvalue weighted by atomic mass is 16.4. The van der Waals surface area contributed by atoms with E-state index in [1.807, 2.05) is 6.07 Å². The highest BCUT2D eigenvalue weighted by Crippen LogP contribution is 2.27. The minimum atomic E-state index is -1.21. The van der Waals surface area contributed by atoms with Gasteiger partial charge in [-0.1, -0.05) is 48.5 Å². The fourth-order valence-corrected chi connectivity index (χ4v) is 2.38. The van der Waals surface area contributed by atoms with Crippen LogP contribution in [0.15, 0.2) is 70.5 Å². The number of rotatable bonds is 5. The van der Waals surface area contributed by atoms with Crippen molar-refractivity contribution in [3.05, 3.63) is 76.6 Å². The number of aromatic hydroxyl groups is 1. The molecule has 0 aliphatic heterocycles. The molecule has 0 bridgehead atoms. The zero-order chi connectivity index (χ0) is 18.5. The first-order chi connectivity index (χ1) is 12.6. The van der Waals surface area contributed by atoms with Crippen LogP contribution in [0.3, 0.4) is 0 Å². The molecule has 0 atom stereocenters. The van der Waals surface area contributed by atoms with Gasteiger partial charge in [0, 0.05) is 11.8 Å². The second kappa shape index (κ2) is 7.43. The van der Waals surface area contributed by atoms with Crippen LogP contribution < -0.4 is 5.56 Å². The van der Waals surface area contributed by atoms with Gasteiger partial charge in [-0.05, 0) is 12.1 Å². The number of carbonyl (C=O) groups is 1. The van der Waals surface area contributed by atoms with E-state index in [2.05, 4.69) is 10.1 Å². The number of carboxylic acids is 1. The van der Waals surface area contributed by atoms with Crippen molar-refractivity contribution >= 4 is 17.9 Å². The van der Waals surface area contributed by atoms with Gasteiger partial charge < -0.3 is 10.2 Å². The molecule has 0 fully saturated rings. The van der Waals surface area contributed by atoms with Gasteiger partial charge in [0.15, 0.2) is 5.75 Å². The van der Waals surface area contributed by atoms with Crippen molar-refractivity contribution in [1.82, 2.24) is 9.78 Å². The Hall–Kier alpha value is -3.74. The summed E-state index contributed by atoms with van der Waals surface area (Å²) in [6.45, 7) is -0.620. The van der Waals surface area contributed by atoms with E-state index >= 15 is 0 Å². The Morgan fingerprint density at radius 1 is 1.08 bits per heavy atom. The molecule has 3 aromatic rings. The summed E-state index contributed by atoms with van der Waals surface area (Å²) in [5.74, 6) is -1.56. The Balaban J connectivity index is 2.17. The van der Waals surface area contributed by atoms with Crippen LogP contribution in [0.25, 0.3) is 11.3 Å². The first-order valence-electron chi connectivity index (χ1n) is 7.76. The molecule has 3 rings (SSSR count). The summed E-state index contributed by atoms with van der Waals surface area (Å²) in [5.41, 5.74) is 0.404. The number of nitrogens with zero attached hydrogens (tertiary/aromatic N) is 3. The zero-order valence-electron chi connectivity index (χ0n) is 13.6. The first-order valence-corrected chi connectivity index (χ1v) is 7.76. The SMILES string of the molecule is O=C(O)Cn1nc(-c2ccccc2)c(O)c(C=Nc2ccccc2)c1=O. The molecular weight excluding hydrogens is 334 g/mol. The number of benzene rings is 2. The zero-order valence-corrected chi connectivity index (χ0v) is 13.6. The fraction of sp³-hybridized carbons (Fsp3) is 0.0526. The monoisotopic (exact) mass is 349 g/mol. The molecule has 0 radical (unpaired) electrons. The summed E-state index contributed by atoms with van der Waals surface area (Å²) >= 11 is 0. The standard InChI is InChI=1S/C19H15N3O4/c23-16(24)12-22-19(26)15(11-20-14-9-5-2-6-10-14)18(25)17(21-22)13-7-3-1-4-8-13/h1-11,25H,12H2,(H,23,24). The highest BCUT2D eigenvalue weighted by molar-refractivity contribution is 5.88. The van der Waals surface area contributed by atoms with E-state index in [1.54, 1.807) is 54.6 Å². The second-order valence-electron chi connectivity index (χ2n) is 5.43. The van der Waals surface area contributed by atoms with E-state index in [0.29, 0.717) is 11.3 Å². The van der Waals surface area contributed by atoms with Crippen molar-refractivity contribution in [3.63, 3.8) is 0 Å². The van der Waals surface area contributed by atoms with Gasteiger partial charge in [-0.3, -0.25) is 14.6 Å². The maximum Gasteiger partial charge on any atom is 0.325 e. The molecule has 7 heteroatoms. The van der Waals surface area contributed by atoms with Crippen LogP contribution in [0, 0.1) is 0 Å². The van der Waals surface area contributed by atoms with Gasteiger partial charge in [0.05, 0.1) is 5.69 Å². The van der Waals surface area contributed by atoms with Gasteiger partial charge >= 0.3 is 5.97 Å². The molecule has 130 valence electrons. The van der Waals surface area contributed by atoms with Crippen molar-refractivity contribution in [1.29, 1.82) is 0 Å². The number of carboxylic acid groups (broad SMARTS) is 1. The molecule has 0 amide bonds. The van der Waals surface area contributed by atoms with E-state index < -0.39 is 18.1 Å². The predicted molar refractivity (Wildman–Crippen MR) is 96.9 cm³/mol. The molecule has 7 nitrogen and oxygen atoms in total. The average Bonchev–Trinajstić information content (AvgIpc) is 2.65. The fourth-order valence-electron chi connectivity index (χ4n) is 2.38. The Kier molecular flexibility index (Phi) is 4.89. The number of aliphatic imine (C=N–C) groups is 1. The van der Waals surface area contributed by atoms with Gasteiger partial charge in [0.2, 0.25) is 0 Å². The number of hydrogen-bond acceptors (Lipinski definition) is 5. The third-order valence-electron chi connectivity index (χ3n) is 3.60. The maximum absolute atomic E-state index is 12.5. The highest BCUT2D eigenvalue weighted by Gasteiger charge is 2.18. The van der Waals surface area contributed by atoms with E-state index in [0.717, 1.165) is 4.68 Å². The Bertz CT molecular complexity index is 1010. The molecule has 26 heavy (non-hydrogen) atoms. The molecule has 1 heterocycles. The molecular formula is C19H15N3O4. The molecule has 1 aromatic heterocycles. The minimum Gasteiger partial charge on any atom is -0.505 e. The van der Waals surface area contributed by atoms with Gasteiger partial charge in [0.1, 0.15) is 17.8 Å². The van der Waals surface area contributed by atoms with Crippen LogP contribution in [0.2, 0.25) is 0 Å². The maximum atomic E-state index is 12.5. The summed E-state index contributed by atoms with van der Waals surface area (Å²) in [7, 11) is 0. The number of para-hydroxylation sites is 1. The largest absolute Gasteiger partial charge is 0.505 e. The molecule has 0 aliphatic carbocycles. The molecule has 0 saturated heterocycles. The number of hydrogen-bond donors (Lipinski definition) is 2. The number of aromatic nitrogens is 2. The lowest BCUT2D eigenvalue weighted by Gasteiger charge is -2.10.